The van der Waals surface area contributed by atoms with Crippen LogP contribution in [-0.2, 0) is 0 Å². The second kappa shape index (κ2) is 7.32. The number of carbonyl (C=O) groups excluding carboxylic acids is 1. The van der Waals surface area contributed by atoms with Gasteiger partial charge >= 0.3 is 0 Å². The topological polar surface area (TPSA) is 58.1 Å². The minimum Gasteiger partial charge on any atom is -0.356 e. The molecule has 1 N–H and O–H groups in total. The van der Waals surface area contributed by atoms with Gasteiger partial charge in [-0.25, -0.2) is 9.97 Å². The Morgan fingerprint density at radius 2 is 2.04 bits per heavy atom. The van der Waals surface area contributed by atoms with Crippen LogP contribution in [0.4, 0.5) is 5.82 Å². The predicted octanol–water partition coefficient (Wildman–Crippen LogP) is 4.16. The van der Waals surface area contributed by atoms with Crippen LogP contribution in [-0.4, -0.2) is 35.0 Å². The molecule has 3 aromatic rings. The molecule has 0 saturated carbocycles. The summed E-state index contributed by atoms with van der Waals surface area (Å²) >= 11 is 5.07. The number of carbonyl (C=O) groups is 1. The van der Waals surface area contributed by atoms with Crippen LogP contribution in [0.25, 0.3) is 10.9 Å². The molecule has 1 aliphatic rings. The van der Waals surface area contributed by atoms with Crippen molar-refractivity contribution < 1.29 is 4.79 Å². The molecule has 7 heteroatoms. The molecule has 1 saturated heterocycles. The molecule has 1 fully saturated rings. The van der Waals surface area contributed by atoms with E-state index in [0.29, 0.717) is 0 Å². The van der Waals surface area contributed by atoms with Gasteiger partial charge in [0.1, 0.15) is 12.1 Å². The highest BCUT2D eigenvalue weighted by atomic mass is 79.9. The van der Waals surface area contributed by atoms with Gasteiger partial charge in [0.25, 0.3) is 5.91 Å². The first-order chi connectivity index (χ1) is 12.6. The maximum Gasteiger partial charge on any atom is 0.261 e. The lowest BCUT2D eigenvalue weighted by molar-refractivity contribution is 0.0935. The van der Waals surface area contributed by atoms with E-state index in [4.69, 9.17) is 0 Å². The van der Waals surface area contributed by atoms with Crippen LogP contribution in [0.2, 0.25) is 0 Å². The number of aryl methyl sites for hydroxylation is 1. The van der Waals surface area contributed by atoms with E-state index in [0.717, 1.165) is 56.9 Å². The number of piperidine rings is 1. The molecule has 5 nitrogen and oxygen atoms in total. The van der Waals surface area contributed by atoms with Crippen LogP contribution >= 0.6 is 27.3 Å². The Morgan fingerprint density at radius 3 is 2.77 bits per heavy atom. The highest BCUT2D eigenvalue weighted by Crippen LogP contribution is 2.28. The number of hydrogen-bond acceptors (Lipinski definition) is 5. The van der Waals surface area contributed by atoms with Gasteiger partial charge in [-0.3, -0.25) is 4.79 Å². The van der Waals surface area contributed by atoms with Crippen LogP contribution in [0.5, 0.6) is 0 Å². The summed E-state index contributed by atoms with van der Waals surface area (Å²) in [6.07, 6.45) is 3.45. The molecule has 2 aromatic heterocycles. The number of nitrogens with zero attached hydrogens (tertiary/aromatic N) is 3. The van der Waals surface area contributed by atoms with Crippen LogP contribution in [0.15, 0.2) is 41.1 Å². The molecule has 0 unspecified atom stereocenters. The monoisotopic (exact) mass is 430 g/mol. The van der Waals surface area contributed by atoms with E-state index in [9.17, 15) is 4.79 Å². The van der Waals surface area contributed by atoms with E-state index in [1.807, 2.05) is 31.2 Å². The fourth-order valence-corrected chi connectivity index (χ4v) is 4.45. The van der Waals surface area contributed by atoms with Gasteiger partial charge in [0.05, 0.1) is 10.4 Å². The van der Waals surface area contributed by atoms with E-state index in [-0.39, 0.29) is 11.9 Å². The predicted molar refractivity (Wildman–Crippen MR) is 109 cm³/mol. The molecule has 4 rings (SSSR count). The fourth-order valence-electron chi connectivity index (χ4n) is 3.32. The summed E-state index contributed by atoms with van der Waals surface area (Å²) in [5, 5.41) is 4.23. The third kappa shape index (κ3) is 3.59. The van der Waals surface area contributed by atoms with E-state index in [1.165, 1.54) is 0 Å². The zero-order chi connectivity index (χ0) is 18.1. The van der Waals surface area contributed by atoms with E-state index < -0.39 is 0 Å². The van der Waals surface area contributed by atoms with Gasteiger partial charge in [0.2, 0.25) is 0 Å². The van der Waals surface area contributed by atoms with Crippen LogP contribution in [0.1, 0.15) is 27.4 Å². The summed E-state index contributed by atoms with van der Waals surface area (Å²) in [6.45, 7) is 3.75. The molecule has 0 radical (unpaired) electrons. The van der Waals surface area contributed by atoms with Crippen molar-refractivity contribution in [3.63, 3.8) is 0 Å². The van der Waals surface area contributed by atoms with Gasteiger partial charge < -0.3 is 10.2 Å². The van der Waals surface area contributed by atoms with Crippen molar-refractivity contribution in [2.45, 2.75) is 25.8 Å². The van der Waals surface area contributed by atoms with Crippen molar-refractivity contribution in [2.75, 3.05) is 18.0 Å². The van der Waals surface area contributed by atoms with Crippen molar-refractivity contribution in [2.24, 2.45) is 0 Å². The zero-order valence-electron chi connectivity index (χ0n) is 14.4. The molecule has 0 bridgehead atoms. The second-order valence-electron chi connectivity index (χ2n) is 6.50. The zero-order valence-corrected chi connectivity index (χ0v) is 16.8. The van der Waals surface area contributed by atoms with Gasteiger partial charge in [-0.15, -0.1) is 11.3 Å². The van der Waals surface area contributed by atoms with Crippen molar-refractivity contribution in [3.05, 3.63) is 50.9 Å². The van der Waals surface area contributed by atoms with Gasteiger partial charge in [0, 0.05) is 33.9 Å². The third-order valence-electron chi connectivity index (χ3n) is 4.67. The summed E-state index contributed by atoms with van der Waals surface area (Å²) in [4.78, 5) is 25.5. The largest absolute Gasteiger partial charge is 0.356 e. The van der Waals surface area contributed by atoms with Gasteiger partial charge in [-0.05, 0) is 50.1 Å². The van der Waals surface area contributed by atoms with Crippen molar-refractivity contribution in [1.29, 1.82) is 0 Å². The molecule has 0 atom stereocenters. The maximum atomic E-state index is 12.3. The number of rotatable bonds is 3. The van der Waals surface area contributed by atoms with E-state index in [1.54, 1.807) is 17.7 Å². The highest BCUT2D eigenvalue weighted by Gasteiger charge is 2.23. The third-order valence-corrected chi connectivity index (χ3v) is 6.16. The number of hydrogen-bond donors (Lipinski definition) is 1. The Balaban J connectivity index is 1.44. The molecule has 1 aliphatic heterocycles. The molecule has 26 heavy (non-hydrogen) atoms. The lowest BCUT2D eigenvalue weighted by Gasteiger charge is -2.33. The molecule has 0 spiro atoms. The Morgan fingerprint density at radius 1 is 1.23 bits per heavy atom. The summed E-state index contributed by atoms with van der Waals surface area (Å²) < 4.78 is 1.02. The fraction of sp³-hybridized carbons (Fsp3) is 0.316. The average Bonchev–Trinajstić information content (AvgIpc) is 3.08. The molecule has 1 amide bonds. The Bertz CT molecular complexity index is 950. The number of thiophene rings is 1. The second-order valence-corrected chi connectivity index (χ2v) is 8.71. The van der Waals surface area contributed by atoms with E-state index in [2.05, 4.69) is 42.2 Å². The van der Waals surface area contributed by atoms with Gasteiger partial charge in [-0.2, -0.15) is 0 Å². The molecule has 0 aliphatic carbocycles. The van der Waals surface area contributed by atoms with Crippen LogP contribution < -0.4 is 10.2 Å². The minimum atomic E-state index is 0.0398. The summed E-state index contributed by atoms with van der Waals surface area (Å²) in [7, 11) is 0. The van der Waals surface area contributed by atoms with Crippen molar-refractivity contribution in [3.8, 4) is 0 Å². The number of aromatic nitrogens is 2. The SMILES string of the molecule is Cc1ccc(C(=O)NC2CCN(c3ncnc4ccc(Br)cc34)CC2)s1. The first-order valence-electron chi connectivity index (χ1n) is 8.62. The molecule has 134 valence electrons. The van der Waals surface area contributed by atoms with Crippen molar-refractivity contribution in [1.82, 2.24) is 15.3 Å². The summed E-state index contributed by atoms with van der Waals surface area (Å²) in [5.41, 5.74) is 0.946. The van der Waals surface area contributed by atoms with Gasteiger partial charge in [0.15, 0.2) is 0 Å². The quantitative estimate of drug-likeness (QED) is 0.677. The van der Waals surface area contributed by atoms with E-state index >= 15 is 0 Å². The number of anilines is 1. The maximum absolute atomic E-state index is 12.3. The number of nitrogens with one attached hydrogen (secondary N) is 1. The lowest BCUT2D eigenvalue weighted by Crippen LogP contribution is -2.44. The highest BCUT2D eigenvalue weighted by molar-refractivity contribution is 9.10. The molecular formula is C19H19BrN4OS. The summed E-state index contributed by atoms with van der Waals surface area (Å²) in [6, 6.07) is 10.2. The Kier molecular flexibility index (Phi) is 4.91. The smallest absolute Gasteiger partial charge is 0.261 e. The molecular weight excluding hydrogens is 412 g/mol. The standard InChI is InChI=1S/C19H19BrN4OS/c1-12-2-5-17(26-12)19(25)23-14-6-8-24(9-7-14)18-15-10-13(20)3-4-16(15)21-11-22-18/h2-5,10-11,14H,6-9H2,1H3,(H,23,25). The van der Waals surface area contributed by atoms with Gasteiger partial charge in [-0.1, -0.05) is 15.9 Å². The number of fused-ring (bicyclic) bond motifs is 1. The Hall–Kier alpha value is -1.99. The number of amides is 1. The first kappa shape index (κ1) is 17.4. The average molecular weight is 431 g/mol. The van der Waals surface area contributed by atoms with Crippen LogP contribution in [0, 0.1) is 6.92 Å². The lowest BCUT2D eigenvalue weighted by atomic mass is 10.0. The molecule has 3 heterocycles. The normalized spacial score (nSPS) is 15.4. The minimum absolute atomic E-state index is 0.0398. The number of halogens is 1. The van der Waals surface area contributed by atoms with Crippen molar-refractivity contribution >= 4 is 49.9 Å². The summed E-state index contributed by atoms with van der Waals surface area (Å²) in [5.74, 6) is 1.01. The Labute approximate surface area is 164 Å². The van der Waals surface area contributed by atoms with Crippen LogP contribution in [0.3, 0.4) is 0 Å². The first-order valence-corrected chi connectivity index (χ1v) is 10.2. The number of benzene rings is 1. The molecule has 1 aromatic carbocycles.